The number of hydrogen-bond donors (Lipinski definition) is 1. The molecule has 186 valence electrons. The van der Waals surface area contributed by atoms with Crippen molar-refractivity contribution < 1.29 is 14.3 Å². The van der Waals surface area contributed by atoms with Gasteiger partial charge in [0.25, 0.3) is 0 Å². The zero-order valence-electron chi connectivity index (χ0n) is 19.9. The first-order valence-corrected chi connectivity index (χ1v) is 13.1. The number of nitrogens with zero attached hydrogens (tertiary/aromatic N) is 3. The van der Waals surface area contributed by atoms with Crippen LogP contribution < -0.4 is 10.5 Å². The van der Waals surface area contributed by atoms with Gasteiger partial charge in [-0.1, -0.05) is 35.9 Å². The molecular formula is C27H27ClN4O3S. The number of carbonyl (C=O) groups is 2. The molecule has 3 heterocycles. The molecule has 0 bridgehead atoms. The first kappa shape index (κ1) is 24.5. The fourth-order valence-corrected chi connectivity index (χ4v) is 5.87. The molecule has 0 spiro atoms. The highest BCUT2D eigenvalue weighted by molar-refractivity contribution is 7.16. The zero-order chi connectivity index (χ0) is 25.2. The summed E-state index contributed by atoms with van der Waals surface area (Å²) < 4.78 is 8.15. The normalized spacial score (nSPS) is 15.7. The molecule has 7 nitrogen and oxygen atoms in total. The number of likely N-dealkylation sites (tertiary alicyclic amines) is 1. The Labute approximate surface area is 218 Å². The van der Waals surface area contributed by atoms with Gasteiger partial charge in [0.1, 0.15) is 28.1 Å². The summed E-state index contributed by atoms with van der Waals surface area (Å²) in [4.78, 5) is 30.7. The molecule has 0 aliphatic carbocycles. The summed E-state index contributed by atoms with van der Waals surface area (Å²) in [5, 5.41) is 1.47. The lowest BCUT2D eigenvalue weighted by Crippen LogP contribution is -2.38. The van der Waals surface area contributed by atoms with Crippen LogP contribution in [0.2, 0.25) is 5.02 Å². The molecule has 1 atom stereocenters. The minimum atomic E-state index is -0.315. The predicted octanol–water partition coefficient (Wildman–Crippen LogP) is 5.39. The van der Waals surface area contributed by atoms with Crippen molar-refractivity contribution in [2.24, 2.45) is 11.7 Å². The van der Waals surface area contributed by atoms with Crippen molar-refractivity contribution in [2.75, 3.05) is 13.1 Å². The largest absolute Gasteiger partial charge is 0.484 e. The lowest BCUT2D eigenvalue weighted by atomic mass is 9.96. The number of aldehydes is 1. The smallest absolute Gasteiger partial charge is 0.220 e. The van der Waals surface area contributed by atoms with Crippen LogP contribution in [0.15, 0.2) is 54.9 Å². The Bertz CT molecular complexity index is 1410. The third-order valence-electron chi connectivity index (χ3n) is 6.71. The number of amides is 1. The van der Waals surface area contributed by atoms with E-state index in [1.165, 1.54) is 11.3 Å². The second-order valence-electron chi connectivity index (χ2n) is 9.10. The standard InChI is InChI=1S/C27H27ClN4O3S/c1-17(20-4-2-3-5-21(20)28)35-24-13-26(36-25(24)15-33)32-16-30-22-7-6-18(12-23(22)32)14-31-10-8-19(9-11-31)27(29)34/h2-7,12-13,15-17,19H,8-11,14H2,1H3,(H2,29,34)/t17-/m1/s1. The maximum Gasteiger partial charge on any atom is 0.220 e. The molecule has 1 amide bonds. The number of benzene rings is 2. The van der Waals surface area contributed by atoms with Crippen LogP contribution in [0.1, 0.15) is 46.7 Å². The molecule has 1 fully saturated rings. The highest BCUT2D eigenvalue weighted by atomic mass is 35.5. The van der Waals surface area contributed by atoms with Gasteiger partial charge < -0.3 is 10.5 Å². The van der Waals surface area contributed by atoms with Gasteiger partial charge in [-0.15, -0.1) is 11.3 Å². The van der Waals surface area contributed by atoms with E-state index in [4.69, 9.17) is 22.1 Å². The molecule has 0 radical (unpaired) electrons. The number of ether oxygens (including phenoxy) is 1. The maximum absolute atomic E-state index is 11.8. The third-order valence-corrected chi connectivity index (χ3v) is 8.10. The van der Waals surface area contributed by atoms with Crippen LogP contribution in [0.4, 0.5) is 0 Å². The quantitative estimate of drug-likeness (QED) is 0.313. The average Bonchev–Trinajstić information content (AvgIpc) is 3.48. The summed E-state index contributed by atoms with van der Waals surface area (Å²) in [6.45, 7) is 4.41. The van der Waals surface area contributed by atoms with E-state index in [1.54, 1.807) is 6.33 Å². The maximum atomic E-state index is 11.8. The minimum Gasteiger partial charge on any atom is -0.484 e. The third kappa shape index (κ3) is 5.02. The molecule has 4 aromatic rings. The van der Waals surface area contributed by atoms with Crippen molar-refractivity contribution in [1.29, 1.82) is 0 Å². The first-order chi connectivity index (χ1) is 17.4. The van der Waals surface area contributed by atoms with Crippen LogP contribution in [-0.4, -0.2) is 39.7 Å². The highest BCUT2D eigenvalue weighted by Gasteiger charge is 2.23. The van der Waals surface area contributed by atoms with Crippen LogP contribution >= 0.6 is 22.9 Å². The number of hydrogen-bond acceptors (Lipinski definition) is 6. The van der Waals surface area contributed by atoms with Gasteiger partial charge in [0.15, 0.2) is 6.29 Å². The van der Waals surface area contributed by atoms with E-state index in [-0.39, 0.29) is 17.9 Å². The number of piperidine rings is 1. The summed E-state index contributed by atoms with van der Waals surface area (Å²) in [5.74, 6) is 0.302. The van der Waals surface area contributed by atoms with Crippen molar-refractivity contribution in [3.05, 3.63) is 75.9 Å². The topological polar surface area (TPSA) is 90.4 Å². The summed E-state index contributed by atoms with van der Waals surface area (Å²) in [5.41, 5.74) is 9.33. The molecular weight excluding hydrogens is 496 g/mol. The number of imidazole rings is 1. The molecule has 0 unspecified atom stereocenters. The Balaban J connectivity index is 1.38. The van der Waals surface area contributed by atoms with Crippen molar-refractivity contribution in [3.63, 3.8) is 0 Å². The van der Waals surface area contributed by atoms with Crippen LogP contribution in [-0.2, 0) is 11.3 Å². The van der Waals surface area contributed by atoms with Gasteiger partial charge in [0.2, 0.25) is 5.91 Å². The molecule has 2 aromatic carbocycles. The molecule has 2 aromatic heterocycles. The monoisotopic (exact) mass is 522 g/mol. The number of aromatic nitrogens is 2. The summed E-state index contributed by atoms with van der Waals surface area (Å²) >= 11 is 7.69. The van der Waals surface area contributed by atoms with Crippen molar-refractivity contribution >= 4 is 46.2 Å². The van der Waals surface area contributed by atoms with Crippen LogP contribution in [0.3, 0.4) is 0 Å². The Morgan fingerprint density at radius 2 is 2.03 bits per heavy atom. The van der Waals surface area contributed by atoms with Crippen molar-refractivity contribution in [2.45, 2.75) is 32.4 Å². The Kier molecular flexibility index (Phi) is 7.09. The van der Waals surface area contributed by atoms with Gasteiger partial charge in [-0.3, -0.25) is 19.1 Å². The van der Waals surface area contributed by atoms with Gasteiger partial charge >= 0.3 is 0 Å². The van der Waals surface area contributed by atoms with Crippen LogP contribution in [0, 0.1) is 5.92 Å². The van der Waals surface area contributed by atoms with E-state index in [2.05, 4.69) is 22.0 Å². The Morgan fingerprint density at radius 1 is 1.25 bits per heavy atom. The molecule has 1 aliphatic rings. The van der Waals surface area contributed by atoms with E-state index in [1.807, 2.05) is 47.9 Å². The van der Waals surface area contributed by atoms with Crippen LogP contribution in [0.25, 0.3) is 16.0 Å². The first-order valence-electron chi connectivity index (χ1n) is 11.9. The van der Waals surface area contributed by atoms with Gasteiger partial charge in [0.05, 0.1) is 11.0 Å². The van der Waals surface area contributed by atoms with Gasteiger partial charge in [-0.05, 0) is 56.6 Å². The van der Waals surface area contributed by atoms with E-state index >= 15 is 0 Å². The molecule has 36 heavy (non-hydrogen) atoms. The fourth-order valence-electron chi connectivity index (χ4n) is 4.69. The number of primary amides is 1. The Morgan fingerprint density at radius 3 is 2.75 bits per heavy atom. The second kappa shape index (κ2) is 10.4. The van der Waals surface area contributed by atoms with Crippen molar-refractivity contribution in [1.82, 2.24) is 14.5 Å². The van der Waals surface area contributed by atoms with E-state index in [0.29, 0.717) is 15.6 Å². The van der Waals surface area contributed by atoms with Crippen LogP contribution in [0.5, 0.6) is 5.75 Å². The van der Waals surface area contributed by atoms with E-state index < -0.39 is 0 Å². The van der Waals surface area contributed by atoms with E-state index in [0.717, 1.165) is 65.9 Å². The number of fused-ring (bicyclic) bond motifs is 1. The average molecular weight is 523 g/mol. The summed E-state index contributed by atoms with van der Waals surface area (Å²) in [6.07, 6.45) is 3.88. The summed E-state index contributed by atoms with van der Waals surface area (Å²) in [7, 11) is 0. The number of nitrogens with two attached hydrogens (primary N) is 1. The highest BCUT2D eigenvalue weighted by Crippen LogP contribution is 2.36. The van der Waals surface area contributed by atoms with Gasteiger partial charge in [-0.2, -0.15) is 0 Å². The lowest BCUT2D eigenvalue weighted by Gasteiger charge is -2.30. The molecule has 9 heteroatoms. The molecule has 2 N–H and O–H groups in total. The molecule has 5 rings (SSSR count). The van der Waals surface area contributed by atoms with Crippen molar-refractivity contribution in [3.8, 4) is 10.8 Å². The minimum absolute atomic E-state index is 0.0203. The van der Waals surface area contributed by atoms with Gasteiger partial charge in [0, 0.05) is 29.1 Å². The lowest BCUT2D eigenvalue weighted by molar-refractivity contribution is -0.123. The number of thiophene rings is 1. The SMILES string of the molecule is C[C@@H](Oc1cc(-n2cnc3ccc(CN4CCC(C(N)=O)CC4)cc32)sc1C=O)c1ccccc1Cl. The second-order valence-corrected chi connectivity index (χ2v) is 10.6. The number of halogens is 1. The number of carbonyl (C=O) groups excluding carboxylic acids is 2. The molecule has 1 aliphatic heterocycles. The molecule has 1 saturated heterocycles. The number of rotatable bonds is 8. The van der Waals surface area contributed by atoms with E-state index in [9.17, 15) is 9.59 Å². The fraction of sp³-hybridized carbons (Fsp3) is 0.296. The zero-order valence-corrected chi connectivity index (χ0v) is 21.5. The molecule has 0 saturated carbocycles. The summed E-state index contributed by atoms with van der Waals surface area (Å²) in [6, 6.07) is 15.6. The van der Waals surface area contributed by atoms with Gasteiger partial charge in [-0.25, -0.2) is 4.98 Å². The Hall–Kier alpha value is -3.20. The predicted molar refractivity (Wildman–Crippen MR) is 142 cm³/mol.